The molecule has 1 aliphatic heterocycles. The van der Waals surface area contributed by atoms with Crippen molar-refractivity contribution in [1.29, 1.82) is 5.26 Å². The van der Waals surface area contributed by atoms with Gasteiger partial charge in [-0.15, -0.1) is 0 Å². The van der Waals surface area contributed by atoms with Gasteiger partial charge in [-0.25, -0.2) is 9.37 Å². The molecule has 2 aromatic carbocycles. The predicted molar refractivity (Wildman–Crippen MR) is 124 cm³/mol. The molecule has 174 valence electrons. The molecular formula is C24H16ClFN6O3. The Morgan fingerprint density at radius 1 is 1.20 bits per heavy atom. The zero-order valence-electron chi connectivity index (χ0n) is 18.1. The molecular weight excluding hydrogens is 475 g/mol. The van der Waals surface area contributed by atoms with Gasteiger partial charge in [0.05, 0.1) is 34.3 Å². The Balaban J connectivity index is 1.58. The third kappa shape index (κ3) is 3.48. The summed E-state index contributed by atoms with van der Waals surface area (Å²) in [5, 5.41) is 14.1. The molecule has 1 fully saturated rings. The van der Waals surface area contributed by atoms with Crippen LogP contribution >= 0.6 is 11.6 Å². The van der Waals surface area contributed by atoms with Gasteiger partial charge in [0.1, 0.15) is 29.4 Å². The van der Waals surface area contributed by atoms with Gasteiger partial charge in [0, 0.05) is 12.2 Å². The quantitative estimate of drug-likeness (QED) is 0.371. The number of nitrogens with zero attached hydrogens (tertiary/aromatic N) is 6. The molecule has 0 N–H and O–H groups in total. The molecule has 35 heavy (non-hydrogen) atoms. The van der Waals surface area contributed by atoms with E-state index in [1.54, 1.807) is 16.5 Å². The molecule has 5 aromatic rings. The second-order valence-corrected chi connectivity index (χ2v) is 8.60. The summed E-state index contributed by atoms with van der Waals surface area (Å²) in [7, 11) is 0. The van der Waals surface area contributed by atoms with Gasteiger partial charge in [0.25, 0.3) is 11.4 Å². The first-order valence-corrected chi connectivity index (χ1v) is 11.3. The minimum atomic E-state index is -0.385. The topological polar surface area (TPSA) is 111 Å². The Morgan fingerprint density at radius 3 is 2.77 bits per heavy atom. The van der Waals surface area contributed by atoms with Gasteiger partial charge < -0.3 is 13.8 Å². The summed E-state index contributed by atoms with van der Waals surface area (Å²) in [5.41, 5.74) is 1.80. The van der Waals surface area contributed by atoms with Gasteiger partial charge in [0.15, 0.2) is 0 Å². The number of hydrogen-bond acceptors (Lipinski definition) is 7. The first-order chi connectivity index (χ1) is 17.0. The summed E-state index contributed by atoms with van der Waals surface area (Å²) in [6, 6.07) is 11.1. The maximum absolute atomic E-state index is 13.8. The van der Waals surface area contributed by atoms with Gasteiger partial charge in [0.2, 0.25) is 5.82 Å². The standard InChI is InChI=1S/C24H16ClFN6O3/c25-17-7-8-18-20(16(17)10-27)31(11-15-2-1-9-34-15)24(33)21-19(28-12-32(18)21)22-29-23(35-30-22)13-3-5-14(26)6-4-13/h3-8,12,15H,1-2,9,11H2. The highest BCUT2D eigenvalue weighted by Gasteiger charge is 2.25. The van der Waals surface area contributed by atoms with E-state index in [2.05, 4.69) is 21.2 Å². The summed E-state index contributed by atoms with van der Waals surface area (Å²) < 4.78 is 27.5. The van der Waals surface area contributed by atoms with Crippen LogP contribution in [-0.4, -0.2) is 36.8 Å². The first-order valence-electron chi connectivity index (χ1n) is 10.9. The highest BCUT2D eigenvalue weighted by atomic mass is 35.5. The molecule has 0 aliphatic carbocycles. The molecule has 3 aromatic heterocycles. The highest BCUT2D eigenvalue weighted by Crippen LogP contribution is 2.30. The molecule has 1 aliphatic rings. The number of imidazole rings is 1. The predicted octanol–water partition coefficient (Wildman–Crippen LogP) is 4.21. The van der Waals surface area contributed by atoms with Gasteiger partial charge >= 0.3 is 0 Å². The second kappa shape index (κ2) is 8.30. The number of halogens is 2. The zero-order chi connectivity index (χ0) is 24.1. The van der Waals surface area contributed by atoms with Gasteiger partial charge in [-0.1, -0.05) is 16.8 Å². The van der Waals surface area contributed by atoms with Crippen LogP contribution in [0.5, 0.6) is 0 Å². The summed E-state index contributed by atoms with van der Waals surface area (Å²) in [6.07, 6.45) is 3.02. The number of fused-ring (bicyclic) bond motifs is 3. The Kier molecular flexibility index (Phi) is 5.09. The number of rotatable bonds is 4. The van der Waals surface area contributed by atoms with E-state index >= 15 is 0 Å². The fourth-order valence-corrected chi connectivity index (χ4v) is 4.65. The van der Waals surface area contributed by atoms with Crippen LogP contribution in [0.1, 0.15) is 18.4 Å². The molecule has 0 saturated carbocycles. The lowest BCUT2D eigenvalue weighted by atomic mass is 10.1. The van der Waals surface area contributed by atoms with E-state index in [-0.39, 0.29) is 57.5 Å². The van der Waals surface area contributed by atoms with E-state index in [4.69, 9.17) is 20.9 Å². The summed E-state index contributed by atoms with van der Waals surface area (Å²) >= 11 is 6.32. The Hall–Kier alpha value is -4.07. The first kappa shape index (κ1) is 21.5. The normalized spacial score (nSPS) is 15.7. The fraction of sp³-hybridized carbons (Fsp3) is 0.208. The molecule has 4 heterocycles. The molecule has 1 unspecified atom stereocenters. The summed E-state index contributed by atoms with van der Waals surface area (Å²) in [4.78, 5) is 22.6. The van der Waals surface area contributed by atoms with Crippen LogP contribution in [0.15, 0.2) is 52.0 Å². The maximum atomic E-state index is 13.8. The number of nitriles is 1. The Bertz CT molecular complexity index is 1690. The van der Waals surface area contributed by atoms with Crippen molar-refractivity contribution in [3.8, 4) is 29.0 Å². The van der Waals surface area contributed by atoms with Gasteiger partial charge in [-0.3, -0.25) is 9.20 Å². The number of benzene rings is 2. The third-order valence-corrected chi connectivity index (χ3v) is 6.42. The van der Waals surface area contributed by atoms with Gasteiger partial charge in [-0.05, 0) is 49.2 Å². The van der Waals surface area contributed by atoms with Crippen molar-refractivity contribution in [2.75, 3.05) is 6.61 Å². The van der Waals surface area contributed by atoms with Crippen LogP contribution in [0, 0.1) is 17.1 Å². The van der Waals surface area contributed by atoms with Crippen molar-refractivity contribution in [1.82, 2.24) is 24.1 Å². The zero-order valence-corrected chi connectivity index (χ0v) is 18.9. The van der Waals surface area contributed by atoms with Crippen LogP contribution in [-0.2, 0) is 11.3 Å². The number of ether oxygens (including phenoxy) is 1. The largest absolute Gasteiger partial charge is 0.376 e. The second-order valence-electron chi connectivity index (χ2n) is 8.19. The molecule has 0 bridgehead atoms. The molecule has 6 rings (SSSR count). The molecule has 9 nitrogen and oxygen atoms in total. The van der Waals surface area contributed by atoms with Crippen molar-refractivity contribution in [3.63, 3.8) is 0 Å². The van der Waals surface area contributed by atoms with Crippen LogP contribution in [0.4, 0.5) is 4.39 Å². The lowest BCUT2D eigenvalue weighted by Crippen LogP contribution is -2.29. The number of hydrogen-bond donors (Lipinski definition) is 0. The molecule has 0 radical (unpaired) electrons. The lowest BCUT2D eigenvalue weighted by molar-refractivity contribution is 0.0973. The van der Waals surface area contributed by atoms with E-state index in [1.165, 1.54) is 35.2 Å². The fourth-order valence-electron chi connectivity index (χ4n) is 4.45. The van der Waals surface area contributed by atoms with E-state index in [9.17, 15) is 14.4 Å². The van der Waals surface area contributed by atoms with Crippen molar-refractivity contribution in [3.05, 3.63) is 69.5 Å². The third-order valence-electron chi connectivity index (χ3n) is 6.10. The molecule has 0 spiro atoms. The van der Waals surface area contributed by atoms with E-state index in [0.29, 0.717) is 23.2 Å². The maximum Gasteiger partial charge on any atom is 0.277 e. The van der Waals surface area contributed by atoms with Crippen molar-refractivity contribution < 1.29 is 13.7 Å². The smallest absolute Gasteiger partial charge is 0.277 e. The van der Waals surface area contributed by atoms with Crippen LogP contribution < -0.4 is 5.56 Å². The average molecular weight is 491 g/mol. The summed E-state index contributed by atoms with van der Waals surface area (Å²) in [6.45, 7) is 0.886. The number of aromatic nitrogens is 5. The monoisotopic (exact) mass is 490 g/mol. The van der Waals surface area contributed by atoms with Crippen LogP contribution in [0.25, 0.3) is 39.5 Å². The Labute approximate surface area is 201 Å². The average Bonchev–Trinajstić information content (AvgIpc) is 3.63. The summed E-state index contributed by atoms with van der Waals surface area (Å²) in [5.74, 6) is -0.106. The minimum absolute atomic E-state index is 0.112. The highest BCUT2D eigenvalue weighted by molar-refractivity contribution is 6.32. The minimum Gasteiger partial charge on any atom is -0.376 e. The molecule has 0 amide bonds. The van der Waals surface area contributed by atoms with Crippen LogP contribution in [0.3, 0.4) is 0 Å². The van der Waals surface area contributed by atoms with Crippen molar-refractivity contribution >= 4 is 28.2 Å². The van der Waals surface area contributed by atoms with Crippen molar-refractivity contribution in [2.24, 2.45) is 0 Å². The van der Waals surface area contributed by atoms with E-state index in [1.807, 2.05) is 0 Å². The Morgan fingerprint density at radius 2 is 2.03 bits per heavy atom. The van der Waals surface area contributed by atoms with E-state index in [0.717, 1.165) is 12.8 Å². The van der Waals surface area contributed by atoms with E-state index < -0.39 is 0 Å². The lowest BCUT2D eigenvalue weighted by Gasteiger charge is -2.17. The van der Waals surface area contributed by atoms with Gasteiger partial charge in [-0.2, -0.15) is 10.2 Å². The SMILES string of the molecule is N#Cc1c(Cl)ccc2c1n(CC1CCCO1)c(=O)c1c(-c3noc(-c4ccc(F)cc4)n3)ncn12. The molecule has 11 heteroatoms. The van der Waals surface area contributed by atoms with Crippen LogP contribution in [0.2, 0.25) is 5.02 Å². The molecule has 1 atom stereocenters. The molecule has 1 saturated heterocycles. The van der Waals surface area contributed by atoms with Crippen molar-refractivity contribution in [2.45, 2.75) is 25.5 Å².